The molecule has 2 N–H and O–H groups in total. The monoisotopic (exact) mass is 226 g/mol. The minimum absolute atomic E-state index is 0.209. The lowest BCUT2D eigenvalue weighted by molar-refractivity contribution is -0.122. The van der Waals surface area contributed by atoms with Crippen LogP contribution in [0.4, 0.5) is 0 Å². The molecule has 2 fully saturated rings. The van der Waals surface area contributed by atoms with E-state index in [1.165, 1.54) is 12.8 Å². The van der Waals surface area contributed by atoms with E-state index in [-0.39, 0.29) is 5.91 Å². The molecule has 2 aliphatic rings. The summed E-state index contributed by atoms with van der Waals surface area (Å²) in [7, 11) is 0. The van der Waals surface area contributed by atoms with Crippen molar-refractivity contribution in [3.05, 3.63) is 0 Å². The zero-order valence-electron chi connectivity index (χ0n) is 9.84. The molecule has 0 spiro atoms. The second-order valence-corrected chi connectivity index (χ2v) is 4.79. The van der Waals surface area contributed by atoms with Gasteiger partial charge in [-0.2, -0.15) is 0 Å². The molecule has 92 valence electrons. The summed E-state index contributed by atoms with van der Waals surface area (Å²) in [5, 5.41) is 6.51. The van der Waals surface area contributed by atoms with Crippen LogP contribution in [0, 0.1) is 0 Å². The lowest BCUT2D eigenvalue weighted by atomic mass is 10.1. The first-order valence-corrected chi connectivity index (χ1v) is 6.45. The van der Waals surface area contributed by atoms with E-state index in [9.17, 15) is 4.79 Å². The van der Waals surface area contributed by atoms with Crippen LogP contribution in [0.1, 0.15) is 38.5 Å². The van der Waals surface area contributed by atoms with Crippen LogP contribution in [0.2, 0.25) is 0 Å². The smallest absolute Gasteiger partial charge is 0.220 e. The minimum Gasteiger partial charge on any atom is -0.381 e. The lowest BCUT2D eigenvalue weighted by Crippen LogP contribution is -2.39. The quantitative estimate of drug-likeness (QED) is 0.746. The molecule has 4 nitrogen and oxygen atoms in total. The van der Waals surface area contributed by atoms with Crippen molar-refractivity contribution in [2.75, 3.05) is 19.8 Å². The number of carbonyl (C=O) groups is 1. The highest BCUT2D eigenvalue weighted by Crippen LogP contribution is 2.11. The van der Waals surface area contributed by atoms with Crippen LogP contribution in [0.5, 0.6) is 0 Å². The summed E-state index contributed by atoms with van der Waals surface area (Å²) >= 11 is 0. The highest BCUT2D eigenvalue weighted by Gasteiger charge is 2.18. The normalized spacial score (nSPS) is 26.9. The van der Waals surface area contributed by atoms with Gasteiger partial charge in [-0.15, -0.1) is 0 Å². The molecule has 0 radical (unpaired) electrons. The number of rotatable bonds is 4. The van der Waals surface area contributed by atoms with Crippen molar-refractivity contribution in [1.82, 2.24) is 10.6 Å². The van der Waals surface area contributed by atoms with Gasteiger partial charge < -0.3 is 15.4 Å². The number of hydrogen-bond donors (Lipinski definition) is 2. The van der Waals surface area contributed by atoms with Crippen molar-refractivity contribution < 1.29 is 9.53 Å². The molecular formula is C12H22N2O2. The molecule has 0 aromatic rings. The van der Waals surface area contributed by atoms with Crippen molar-refractivity contribution in [3.8, 4) is 0 Å². The molecule has 16 heavy (non-hydrogen) atoms. The zero-order valence-corrected chi connectivity index (χ0v) is 9.84. The van der Waals surface area contributed by atoms with Crippen LogP contribution in [0.3, 0.4) is 0 Å². The summed E-state index contributed by atoms with van der Waals surface area (Å²) in [5.74, 6) is 0.209. The second-order valence-electron chi connectivity index (χ2n) is 4.79. The topological polar surface area (TPSA) is 50.4 Å². The molecule has 2 rings (SSSR count). The Morgan fingerprint density at radius 1 is 1.31 bits per heavy atom. The van der Waals surface area contributed by atoms with E-state index in [0.29, 0.717) is 18.5 Å². The molecule has 2 heterocycles. The molecule has 1 amide bonds. The molecule has 2 saturated heterocycles. The first-order valence-electron chi connectivity index (χ1n) is 6.45. The van der Waals surface area contributed by atoms with E-state index in [1.807, 2.05) is 0 Å². The maximum absolute atomic E-state index is 11.7. The molecule has 2 aliphatic heterocycles. The zero-order chi connectivity index (χ0) is 11.2. The van der Waals surface area contributed by atoms with Gasteiger partial charge in [0, 0.05) is 31.7 Å². The number of ether oxygens (including phenoxy) is 1. The molecule has 0 aromatic carbocycles. The van der Waals surface area contributed by atoms with Gasteiger partial charge in [0.2, 0.25) is 5.91 Å². The van der Waals surface area contributed by atoms with Crippen molar-refractivity contribution >= 4 is 5.91 Å². The summed E-state index contributed by atoms with van der Waals surface area (Å²) in [6, 6.07) is 0.915. The fourth-order valence-corrected chi connectivity index (χ4v) is 2.45. The van der Waals surface area contributed by atoms with E-state index < -0.39 is 0 Å². The Labute approximate surface area is 97.1 Å². The van der Waals surface area contributed by atoms with E-state index >= 15 is 0 Å². The number of hydrogen-bond acceptors (Lipinski definition) is 3. The van der Waals surface area contributed by atoms with Crippen molar-refractivity contribution in [2.24, 2.45) is 0 Å². The van der Waals surface area contributed by atoms with E-state index in [2.05, 4.69) is 10.6 Å². The molecular weight excluding hydrogens is 204 g/mol. The Balaban J connectivity index is 1.59. The maximum Gasteiger partial charge on any atom is 0.220 e. The third-order valence-corrected chi connectivity index (χ3v) is 3.47. The summed E-state index contributed by atoms with van der Waals surface area (Å²) in [5.41, 5.74) is 0. The summed E-state index contributed by atoms with van der Waals surface area (Å²) in [4.78, 5) is 11.7. The van der Waals surface area contributed by atoms with Crippen LogP contribution < -0.4 is 10.6 Å². The van der Waals surface area contributed by atoms with Crippen LogP contribution in [-0.2, 0) is 9.53 Å². The third kappa shape index (κ3) is 3.76. The van der Waals surface area contributed by atoms with Gasteiger partial charge in [-0.3, -0.25) is 4.79 Å². The Morgan fingerprint density at radius 2 is 2.12 bits per heavy atom. The number of nitrogens with one attached hydrogen (secondary N) is 2. The van der Waals surface area contributed by atoms with Gasteiger partial charge in [-0.05, 0) is 38.6 Å². The average molecular weight is 226 g/mol. The summed E-state index contributed by atoms with van der Waals surface area (Å²) < 4.78 is 5.26. The molecule has 0 aliphatic carbocycles. The van der Waals surface area contributed by atoms with Gasteiger partial charge in [0.25, 0.3) is 0 Å². The van der Waals surface area contributed by atoms with Crippen molar-refractivity contribution in [3.63, 3.8) is 0 Å². The van der Waals surface area contributed by atoms with Crippen molar-refractivity contribution in [1.29, 1.82) is 0 Å². The largest absolute Gasteiger partial charge is 0.381 e. The van der Waals surface area contributed by atoms with Gasteiger partial charge >= 0.3 is 0 Å². The first-order chi connectivity index (χ1) is 7.84. The Hall–Kier alpha value is -0.610. The van der Waals surface area contributed by atoms with Crippen LogP contribution in [0.25, 0.3) is 0 Å². The Morgan fingerprint density at radius 3 is 2.81 bits per heavy atom. The fourth-order valence-electron chi connectivity index (χ4n) is 2.45. The summed E-state index contributed by atoms with van der Waals surface area (Å²) in [6.07, 6.45) is 6.06. The average Bonchev–Trinajstić information content (AvgIpc) is 2.81. The first kappa shape index (κ1) is 11.9. The van der Waals surface area contributed by atoms with E-state index in [1.54, 1.807) is 0 Å². The predicted octanol–water partition coefficient (Wildman–Crippen LogP) is 0.814. The maximum atomic E-state index is 11.7. The standard InChI is InChI=1S/C12H22N2O2/c15-12(4-3-10-2-1-7-13-10)14-11-5-8-16-9-6-11/h10-11,13H,1-9H2,(H,14,15). The second kappa shape index (κ2) is 6.21. The van der Waals surface area contributed by atoms with E-state index in [4.69, 9.17) is 4.74 Å². The van der Waals surface area contributed by atoms with E-state index in [0.717, 1.165) is 39.0 Å². The highest BCUT2D eigenvalue weighted by molar-refractivity contribution is 5.76. The minimum atomic E-state index is 0.209. The lowest BCUT2D eigenvalue weighted by Gasteiger charge is -2.23. The Kier molecular flexibility index (Phi) is 4.60. The number of amides is 1. The summed E-state index contributed by atoms with van der Waals surface area (Å²) in [6.45, 7) is 2.69. The van der Waals surface area contributed by atoms with Gasteiger partial charge in [0.15, 0.2) is 0 Å². The molecule has 0 saturated carbocycles. The highest BCUT2D eigenvalue weighted by atomic mass is 16.5. The SMILES string of the molecule is O=C(CCC1CCCN1)NC1CCOCC1. The number of carbonyl (C=O) groups excluding carboxylic acids is 1. The van der Waals surface area contributed by atoms with Crippen LogP contribution in [-0.4, -0.2) is 37.7 Å². The molecule has 1 unspecified atom stereocenters. The van der Waals surface area contributed by atoms with Crippen LogP contribution in [0.15, 0.2) is 0 Å². The Bertz CT molecular complexity index is 221. The van der Waals surface area contributed by atoms with Gasteiger partial charge in [0.05, 0.1) is 0 Å². The van der Waals surface area contributed by atoms with Crippen LogP contribution >= 0.6 is 0 Å². The molecule has 1 atom stereocenters. The van der Waals surface area contributed by atoms with Gasteiger partial charge in [-0.25, -0.2) is 0 Å². The van der Waals surface area contributed by atoms with Gasteiger partial charge in [0.1, 0.15) is 0 Å². The molecule has 4 heteroatoms. The third-order valence-electron chi connectivity index (χ3n) is 3.47. The predicted molar refractivity (Wildman–Crippen MR) is 62.2 cm³/mol. The van der Waals surface area contributed by atoms with Crippen molar-refractivity contribution in [2.45, 2.75) is 50.6 Å². The van der Waals surface area contributed by atoms with Gasteiger partial charge in [-0.1, -0.05) is 0 Å². The molecule has 0 bridgehead atoms. The molecule has 0 aromatic heterocycles. The fraction of sp³-hybridized carbons (Fsp3) is 0.917.